The molecule has 1 fully saturated rings. The van der Waals surface area contributed by atoms with Gasteiger partial charge in [-0.1, -0.05) is 6.42 Å². The summed E-state index contributed by atoms with van der Waals surface area (Å²) in [5.74, 6) is 0.931. The van der Waals surface area contributed by atoms with Gasteiger partial charge in [-0.3, -0.25) is 9.69 Å². The largest absolute Gasteiger partial charge is 0.496 e. The number of nitrogens with zero attached hydrogens (tertiary/aromatic N) is 1. The minimum absolute atomic E-state index is 0.178. The van der Waals surface area contributed by atoms with Crippen molar-refractivity contribution in [3.05, 3.63) is 28.2 Å². The van der Waals surface area contributed by atoms with Gasteiger partial charge in [0.05, 0.1) is 18.1 Å². The maximum absolute atomic E-state index is 12.3. The SMILES string of the molecule is COc1ccc(C(=O)CN2CCCCC2C)cc1Br. The summed E-state index contributed by atoms with van der Waals surface area (Å²) in [7, 11) is 1.62. The first kappa shape index (κ1) is 14.5. The fourth-order valence-electron chi connectivity index (χ4n) is 2.51. The predicted octanol–water partition coefficient (Wildman–Crippen LogP) is 3.51. The number of halogens is 1. The lowest BCUT2D eigenvalue weighted by atomic mass is 10.0. The number of methoxy groups -OCH3 is 1. The number of carbonyl (C=O) groups excluding carboxylic acids is 1. The Morgan fingerprint density at radius 2 is 2.26 bits per heavy atom. The van der Waals surface area contributed by atoms with Gasteiger partial charge in [-0.25, -0.2) is 0 Å². The number of Topliss-reactive ketones (excluding diaryl/α,β-unsaturated/α-hetero) is 1. The Morgan fingerprint density at radius 3 is 2.89 bits per heavy atom. The Morgan fingerprint density at radius 1 is 1.47 bits per heavy atom. The quantitative estimate of drug-likeness (QED) is 0.793. The molecule has 1 heterocycles. The monoisotopic (exact) mass is 325 g/mol. The molecule has 0 aliphatic carbocycles. The maximum Gasteiger partial charge on any atom is 0.176 e. The zero-order valence-electron chi connectivity index (χ0n) is 11.5. The van der Waals surface area contributed by atoms with E-state index in [1.165, 1.54) is 19.3 Å². The Labute approximate surface area is 123 Å². The van der Waals surface area contributed by atoms with Gasteiger partial charge < -0.3 is 4.74 Å². The van der Waals surface area contributed by atoms with Crippen LogP contribution in [0, 0.1) is 0 Å². The van der Waals surface area contributed by atoms with Crippen molar-refractivity contribution in [3.8, 4) is 5.75 Å². The minimum atomic E-state index is 0.178. The van der Waals surface area contributed by atoms with E-state index in [1.54, 1.807) is 7.11 Å². The van der Waals surface area contributed by atoms with Crippen molar-refractivity contribution in [2.45, 2.75) is 32.2 Å². The van der Waals surface area contributed by atoms with Crippen molar-refractivity contribution in [2.75, 3.05) is 20.2 Å². The lowest BCUT2D eigenvalue weighted by Gasteiger charge is -2.32. The van der Waals surface area contributed by atoms with Crippen LogP contribution in [0.25, 0.3) is 0 Å². The molecular formula is C15H20BrNO2. The molecular weight excluding hydrogens is 306 g/mol. The molecule has 19 heavy (non-hydrogen) atoms. The van der Waals surface area contributed by atoms with E-state index in [2.05, 4.69) is 27.8 Å². The molecule has 3 nitrogen and oxygen atoms in total. The number of carbonyl (C=O) groups is 1. The Balaban J connectivity index is 2.05. The van der Waals surface area contributed by atoms with Crippen molar-refractivity contribution < 1.29 is 9.53 Å². The Bertz CT molecular complexity index is 461. The van der Waals surface area contributed by atoms with E-state index in [9.17, 15) is 4.79 Å². The smallest absolute Gasteiger partial charge is 0.176 e. The molecule has 0 spiro atoms. The number of ketones is 1. The molecule has 1 saturated heterocycles. The van der Waals surface area contributed by atoms with E-state index in [4.69, 9.17) is 4.74 Å². The summed E-state index contributed by atoms with van der Waals surface area (Å²) in [6.45, 7) is 3.75. The normalized spacial score (nSPS) is 20.3. The third kappa shape index (κ3) is 3.57. The third-order valence-electron chi connectivity index (χ3n) is 3.76. The van der Waals surface area contributed by atoms with Gasteiger partial charge in [0.2, 0.25) is 0 Å². The van der Waals surface area contributed by atoms with Crippen LogP contribution in [0.5, 0.6) is 5.75 Å². The number of likely N-dealkylation sites (tertiary alicyclic amines) is 1. The van der Waals surface area contributed by atoms with E-state index < -0.39 is 0 Å². The van der Waals surface area contributed by atoms with Gasteiger partial charge in [-0.2, -0.15) is 0 Å². The van der Waals surface area contributed by atoms with Crippen LogP contribution in [0.1, 0.15) is 36.5 Å². The first-order valence-corrected chi connectivity index (χ1v) is 7.52. The van der Waals surface area contributed by atoms with E-state index in [1.807, 2.05) is 18.2 Å². The van der Waals surface area contributed by atoms with Gasteiger partial charge in [0.15, 0.2) is 5.78 Å². The number of rotatable bonds is 4. The summed E-state index contributed by atoms with van der Waals surface area (Å²) in [4.78, 5) is 14.6. The van der Waals surface area contributed by atoms with E-state index in [0.29, 0.717) is 12.6 Å². The van der Waals surface area contributed by atoms with Crippen molar-refractivity contribution in [2.24, 2.45) is 0 Å². The van der Waals surface area contributed by atoms with E-state index in [-0.39, 0.29) is 5.78 Å². The fraction of sp³-hybridized carbons (Fsp3) is 0.533. The van der Waals surface area contributed by atoms with Crippen LogP contribution in [0.2, 0.25) is 0 Å². The first-order chi connectivity index (χ1) is 9.11. The third-order valence-corrected chi connectivity index (χ3v) is 4.38. The molecule has 0 amide bonds. The molecule has 2 rings (SSSR count). The molecule has 0 saturated carbocycles. The van der Waals surface area contributed by atoms with Crippen LogP contribution in [0.15, 0.2) is 22.7 Å². The van der Waals surface area contributed by atoms with Crippen LogP contribution in [0.4, 0.5) is 0 Å². The Kier molecular flexibility index (Phi) is 4.99. The lowest BCUT2D eigenvalue weighted by molar-refractivity contribution is 0.0860. The molecule has 0 N–H and O–H groups in total. The highest BCUT2D eigenvalue weighted by molar-refractivity contribution is 9.10. The molecule has 104 valence electrons. The molecule has 1 aliphatic rings. The topological polar surface area (TPSA) is 29.5 Å². The number of ether oxygens (including phenoxy) is 1. The highest BCUT2D eigenvalue weighted by Crippen LogP contribution is 2.26. The maximum atomic E-state index is 12.3. The summed E-state index contributed by atoms with van der Waals surface area (Å²) >= 11 is 3.42. The summed E-state index contributed by atoms with van der Waals surface area (Å²) in [5.41, 5.74) is 0.741. The highest BCUT2D eigenvalue weighted by Gasteiger charge is 2.21. The van der Waals surface area contributed by atoms with Gasteiger partial charge in [-0.15, -0.1) is 0 Å². The number of hydrogen-bond donors (Lipinski definition) is 0. The molecule has 0 radical (unpaired) electrons. The van der Waals surface area contributed by atoms with Crippen LogP contribution in [-0.2, 0) is 0 Å². The average Bonchev–Trinajstić information content (AvgIpc) is 2.41. The van der Waals surface area contributed by atoms with Gasteiger partial charge in [0, 0.05) is 11.6 Å². The van der Waals surface area contributed by atoms with Crippen molar-refractivity contribution in [1.29, 1.82) is 0 Å². The molecule has 4 heteroatoms. The van der Waals surface area contributed by atoms with E-state index in [0.717, 1.165) is 22.3 Å². The van der Waals surface area contributed by atoms with Gasteiger partial charge in [0.25, 0.3) is 0 Å². The molecule has 1 aromatic carbocycles. The zero-order valence-corrected chi connectivity index (χ0v) is 13.1. The van der Waals surface area contributed by atoms with Crippen LogP contribution in [-0.4, -0.2) is 36.9 Å². The lowest BCUT2D eigenvalue weighted by Crippen LogP contribution is -2.40. The zero-order chi connectivity index (χ0) is 13.8. The molecule has 1 aromatic rings. The van der Waals surface area contributed by atoms with E-state index >= 15 is 0 Å². The predicted molar refractivity (Wildman–Crippen MR) is 79.9 cm³/mol. The second-order valence-electron chi connectivity index (χ2n) is 5.09. The van der Waals surface area contributed by atoms with Gasteiger partial charge in [0.1, 0.15) is 5.75 Å². The molecule has 1 aliphatic heterocycles. The summed E-state index contributed by atoms with van der Waals surface area (Å²) in [5, 5.41) is 0. The molecule has 0 aromatic heterocycles. The summed E-state index contributed by atoms with van der Waals surface area (Å²) < 4.78 is 6.00. The van der Waals surface area contributed by atoms with Gasteiger partial charge in [-0.05, 0) is 60.4 Å². The second kappa shape index (κ2) is 6.53. The summed E-state index contributed by atoms with van der Waals surface area (Å²) in [6.07, 6.45) is 3.67. The minimum Gasteiger partial charge on any atom is -0.496 e. The van der Waals surface area contributed by atoms with Crippen molar-refractivity contribution in [3.63, 3.8) is 0 Å². The van der Waals surface area contributed by atoms with Crippen LogP contribution >= 0.6 is 15.9 Å². The Hall–Kier alpha value is -0.870. The molecule has 1 atom stereocenters. The fourth-order valence-corrected chi connectivity index (χ4v) is 3.05. The summed E-state index contributed by atoms with van der Waals surface area (Å²) in [6, 6.07) is 6.02. The van der Waals surface area contributed by atoms with Gasteiger partial charge >= 0.3 is 0 Å². The van der Waals surface area contributed by atoms with Crippen LogP contribution < -0.4 is 4.74 Å². The van der Waals surface area contributed by atoms with Crippen LogP contribution in [0.3, 0.4) is 0 Å². The first-order valence-electron chi connectivity index (χ1n) is 6.72. The number of benzene rings is 1. The second-order valence-corrected chi connectivity index (χ2v) is 5.94. The molecule has 0 bridgehead atoms. The van der Waals surface area contributed by atoms with Crippen molar-refractivity contribution >= 4 is 21.7 Å². The number of hydrogen-bond acceptors (Lipinski definition) is 3. The average molecular weight is 326 g/mol. The molecule has 1 unspecified atom stereocenters. The standard InChI is InChI=1S/C15H20BrNO2/c1-11-5-3-4-8-17(11)10-14(18)12-6-7-15(19-2)13(16)9-12/h6-7,9,11H,3-5,8,10H2,1-2H3. The number of piperidine rings is 1. The van der Waals surface area contributed by atoms with Crippen molar-refractivity contribution in [1.82, 2.24) is 4.90 Å². The highest BCUT2D eigenvalue weighted by atomic mass is 79.9.